The first-order valence-electron chi connectivity index (χ1n) is 7.03. The molecule has 1 amide bonds. The molecule has 0 heterocycles. The van der Waals surface area contributed by atoms with Crippen LogP contribution in [0.15, 0.2) is 18.2 Å². The summed E-state index contributed by atoms with van der Waals surface area (Å²) in [5.41, 5.74) is 2.43. The molecular formula is C16H21NO3. The van der Waals surface area contributed by atoms with E-state index in [1.165, 1.54) is 37.8 Å². The highest BCUT2D eigenvalue weighted by molar-refractivity contribution is 5.87. The van der Waals surface area contributed by atoms with E-state index in [4.69, 9.17) is 5.11 Å². The third kappa shape index (κ3) is 3.38. The number of carbonyl (C=O) groups excluding carboxylic acids is 1. The van der Waals surface area contributed by atoms with Gasteiger partial charge in [0.15, 0.2) is 0 Å². The number of fused-ring (bicyclic) bond motifs is 1. The molecule has 1 aromatic carbocycles. The molecule has 0 radical (unpaired) electrons. The highest BCUT2D eigenvalue weighted by Gasteiger charge is 2.28. The van der Waals surface area contributed by atoms with Crippen LogP contribution in [0.5, 0.6) is 0 Å². The lowest BCUT2D eigenvalue weighted by Crippen LogP contribution is -2.50. The number of hydrogen-bond donors (Lipinski definition) is 2. The van der Waals surface area contributed by atoms with Crippen LogP contribution in [0.2, 0.25) is 0 Å². The van der Waals surface area contributed by atoms with Crippen molar-refractivity contribution in [2.45, 2.75) is 51.5 Å². The molecule has 0 saturated carbocycles. The van der Waals surface area contributed by atoms with Crippen LogP contribution >= 0.6 is 0 Å². The topological polar surface area (TPSA) is 66.4 Å². The predicted molar refractivity (Wildman–Crippen MR) is 76.6 cm³/mol. The van der Waals surface area contributed by atoms with Crippen molar-refractivity contribution in [1.29, 1.82) is 0 Å². The Morgan fingerprint density at radius 3 is 2.50 bits per heavy atom. The van der Waals surface area contributed by atoms with Crippen LogP contribution in [0.25, 0.3) is 0 Å². The number of benzene rings is 1. The minimum absolute atomic E-state index is 0.226. The molecular weight excluding hydrogens is 254 g/mol. The minimum Gasteiger partial charge on any atom is -0.480 e. The van der Waals surface area contributed by atoms with Crippen LogP contribution in [-0.4, -0.2) is 22.5 Å². The molecule has 0 spiro atoms. The zero-order chi connectivity index (χ0) is 14.8. The molecule has 0 unspecified atom stereocenters. The SMILES string of the molecule is CC(C)(NC(=O)Cc1ccc2c(c1)CCCC2)C(=O)O. The number of rotatable bonds is 4. The van der Waals surface area contributed by atoms with Crippen LogP contribution in [0.1, 0.15) is 43.4 Å². The van der Waals surface area contributed by atoms with Crippen molar-refractivity contribution in [2.24, 2.45) is 0 Å². The van der Waals surface area contributed by atoms with Crippen molar-refractivity contribution < 1.29 is 14.7 Å². The maximum absolute atomic E-state index is 11.9. The van der Waals surface area contributed by atoms with Crippen molar-refractivity contribution in [3.63, 3.8) is 0 Å². The number of carbonyl (C=O) groups is 2. The summed E-state index contributed by atoms with van der Waals surface area (Å²) in [6, 6.07) is 6.15. The molecule has 1 aromatic rings. The summed E-state index contributed by atoms with van der Waals surface area (Å²) in [4.78, 5) is 22.9. The fourth-order valence-electron chi connectivity index (χ4n) is 2.53. The first kappa shape index (κ1) is 14.6. The Labute approximate surface area is 119 Å². The largest absolute Gasteiger partial charge is 0.480 e. The van der Waals surface area contributed by atoms with Crippen LogP contribution in [0, 0.1) is 0 Å². The highest BCUT2D eigenvalue weighted by Crippen LogP contribution is 2.22. The lowest BCUT2D eigenvalue weighted by atomic mass is 9.90. The predicted octanol–water partition coefficient (Wildman–Crippen LogP) is 2.09. The first-order valence-corrected chi connectivity index (χ1v) is 7.03. The molecule has 4 nitrogen and oxygen atoms in total. The Hall–Kier alpha value is -1.84. The lowest BCUT2D eigenvalue weighted by Gasteiger charge is -2.21. The zero-order valence-electron chi connectivity index (χ0n) is 12.0. The molecule has 0 aromatic heterocycles. The molecule has 4 heteroatoms. The second-order valence-electron chi connectivity index (χ2n) is 5.97. The lowest BCUT2D eigenvalue weighted by molar-refractivity contribution is -0.145. The number of amides is 1. The Morgan fingerprint density at radius 2 is 1.85 bits per heavy atom. The van der Waals surface area contributed by atoms with Gasteiger partial charge in [-0.3, -0.25) is 4.79 Å². The van der Waals surface area contributed by atoms with Crippen molar-refractivity contribution in [1.82, 2.24) is 5.32 Å². The van der Waals surface area contributed by atoms with E-state index in [1.807, 2.05) is 6.07 Å². The number of aliphatic carboxylic acids is 1. The van der Waals surface area contributed by atoms with Gasteiger partial charge in [-0.25, -0.2) is 4.79 Å². The van der Waals surface area contributed by atoms with E-state index >= 15 is 0 Å². The molecule has 0 aliphatic heterocycles. The fourth-order valence-corrected chi connectivity index (χ4v) is 2.53. The number of carboxylic acid groups (broad SMARTS) is 1. The quantitative estimate of drug-likeness (QED) is 0.884. The summed E-state index contributed by atoms with van der Waals surface area (Å²) in [7, 11) is 0. The van der Waals surface area contributed by atoms with Gasteiger partial charge < -0.3 is 10.4 Å². The van der Waals surface area contributed by atoms with Crippen LogP contribution < -0.4 is 5.32 Å². The van der Waals surface area contributed by atoms with Crippen LogP contribution in [0.4, 0.5) is 0 Å². The molecule has 2 N–H and O–H groups in total. The van der Waals surface area contributed by atoms with Gasteiger partial charge in [0, 0.05) is 0 Å². The van der Waals surface area contributed by atoms with Gasteiger partial charge in [-0.05, 0) is 56.2 Å². The Morgan fingerprint density at radius 1 is 1.20 bits per heavy atom. The Balaban J connectivity index is 2.03. The average Bonchev–Trinajstić information content (AvgIpc) is 2.37. The maximum Gasteiger partial charge on any atom is 0.328 e. The second-order valence-corrected chi connectivity index (χ2v) is 5.97. The maximum atomic E-state index is 11.9. The fraction of sp³-hybridized carbons (Fsp3) is 0.500. The summed E-state index contributed by atoms with van der Waals surface area (Å²) in [6.07, 6.45) is 4.86. The van der Waals surface area contributed by atoms with E-state index in [9.17, 15) is 9.59 Å². The van der Waals surface area contributed by atoms with Crippen molar-refractivity contribution in [3.8, 4) is 0 Å². The van der Waals surface area contributed by atoms with Crippen molar-refractivity contribution in [3.05, 3.63) is 34.9 Å². The molecule has 2 rings (SSSR count). The molecule has 20 heavy (non-hydrogen) atoms. The molecule has 0 fully saturated rings. The zero-order valence-corrected chi connectivity index (χ0v) is 12.0. The summed E-state index contributed by atoms with van der Waals surface area (Å²) in [5, 5.41) is 11.5. The Kier molecular flexibility index (Phi) is 4.12. The van der Waals surface area contributed by atoms with Gasteiger partial charge in [0.25, 0.3) is 0 Å². The molecule has 0 bridgehead atoms. The number of carboxylic acids is 1. The normalized spacial score (nSPS) is 14.5. The molecule has 1 aliphatic carbocycles. The third-order valence-corrected chi connectivity index (χ3v) is 3.76. The Bertz CT molecular complexity index is 535. The van der Waals surface area contributed by atoms with E-state index in [-0.39, 0.29) is 12.3 Å². The number of hydrogen-bond acceptors (Lipinski definition) is 2. The van der Waals surface area contributed by atoms with Gasteiger partial charge in [-0.15, -0.1) is 0 Å². The molecule has 108 valence electrons. The second kappa shape index (κ2) is 5.65. The van der Waals surface area contributed by atoms with Crippen molar-refractivity contribution in [2.75, 3.05) is 0 Å². The van der Waals surface area contributed by atoms with Gasteiger partial charge in [0.2, 0.25) is 5.91 Å². The van der Waals surface area contributed by atoms with Gasteiger partial charge in [-0.2, -0.15) is 0 Å². The van der Waals surface area contributed by atoms with E-state index in [2.05, 4.69) is 17.4 Å². The summed E-state index contributed by atoms with van der Waals surface area (Å²) in [5.74, 6) is -1.29. The molecule has 0 atom stereocenters. The van der Waals surface area contributed by atoms with Gasteiger partial charge in [0.1, 0.15) is 5.54 Å². The number of nitrogens with one attached hydrogen (secondary N) is 1. The highest BCUT2D eigenvalue weighted by atomic mass is 16.4. The van der Waals surface area contributed by atoms with Gasteiger partial charge >= 0.3 is 5.97 Å². The minimum atomic E-state index is -1.23. The summed E-state index contributed by atoms with van der Waals surface area (Å²) >= 11 is 0. The van der Waals surface area contributed by atoms with E-state index in [0.29, 0.717) is 0 Å². The third-order valence-electron chi connectivity index (χ3n) is 3.76. The van der Waals surface area contributed by atoms with Crippen molar-refractivity contribution >= 4 is 11.9 Å². The first-order chi connectivity index (χ1) is 9.38. The van der Waals surface area contributed by atoms with E-state index < -0.39 is 11.5 Å². The van der Waals surface area contributed by atoms with Gasteiger partial charge in [0.05, 0.1) is 6.42 Å². The molecule has 0 saturated heterocycles. The smallest absolute Gasteiger partial charge is 0.328 e. The molecule has 1 aliphatic rings. The van der Waals surface area contributed by atoms with Crippen LogP contribution in [0.3, 0.4) is 0 Å². The average molecular weight is 275 g/mol. The summed E-state index contributed by atoms with van der Waals surface area (Å²) in [6.45, 7) is 2.97. The van der Waals surface area contributed by atoms with Gasteiger partial charge in [-0.1, -0.05) is 18.2 Å². The standard InChI is InChI=1S/C16H21NO3/c1-16(2,15(19)20)17-14(18)10-11-7-8-12-5-3-4-6-13(12)9-11/h7-9H,3-6,10H2,1-2H3,(H,17,18)(H,19,20). The summed E-state index contributed by atoms with van der Waals surface area (Å²) < 4.78 is 0. The van der Waals surface area contributed by atoms with E-state index in [1.54, 1.807) is 0 Å². The van der Waals surface area contributed by atoms with Crippen LogP contribution in [-0.2, 0) is 28.9 Å². The van der Waals surface area contributed by atoms with E-state index in [0.717, 1.165) is 18.4 Å². The number of aryl methyl sites for hydroxylation is 2. The monoisotopic (exact) mass is 275 g/mol.